The summed E-state index contributed by atoms with van der Waals surface area (Å²) in [7, 11) is 0. The standard InChI is InChI=1S/C18H29NO/c1-3-4-6-10-17(2)19-14-16-20-15-9-13-18-11-7-5-8-12-18/h5,7-9,11-13,17,19H,3-4,6,10,14-16H2,1-2H3. The lowest BCUT2D eigenvalue weighted by Gasteiger charge is -2.13. The maximum absolute atomic E-state index is 5.58. The molecule has 0 aliphatic rings. The first kappa shape index (κ1) is 16.9. The lowest BCUT2D eigenvalue weighted by molar-refractivity contribution is 0.161. The van der Waals surface area contributed by atoms with Crippen molar-refractivity contribution >= 4 is 6.08 Å². The van der Waals surface area contributed by atoms with Gasteiger partial charge in [0.1, 0.15) is 0 Å². The van der Waals surface area contributed by atoms with Crippen molar-refractivity contribution in [2.75, 3.05) is 19.8 Å². The van der Waals surface area contributed by atoms with Gasteiger partial charge in [-0.25, -0.2) is 0 Å². The molecule has 1 unspecified atom stereocenters. The van der Waals surface area contributed by atoms with Gasteiger partial charge in [-0.2, -0.15) is 0 Å². The largest absolute Gasteiger partial charge is 0.376 e. The first-order valence-corrected chi connectivity index (χ1v) is 7.85. The third-order valence-electron chi connectivity index (χ3n) is 3.30. The highest BCUT2D eigenvalue weighted by Crippen LogP contribution is 2.02. The van der Waals surface area contributed by atoms with Crippen molar-refractivity contribution in [1.82, 2.24) is 5.32 Å². The van der Waals surface area contributed by atoms with Gasteiger partial charge >= 0.3 is 0 Å². The Labute approximate surface area is 124 Å². The number of ether oxygens (including phenoxy) is 1. The summed E-state index contributed by atoms with van der Waals surface area (Å²) in [6.07, 6.45) is 9.39. The van der Waals surface area contributed by atoms with Gasteiger partial charge in [0.25, 0.3) is 0 Å². The van der Waals surface area contributed by atoms with Crippen LogP contribution in [0.1, 0.15) is 45.1 Å². The van der Waals surface area contributed by atoms with Crippen LogP contribution in [0.2, 0.25) is 0 Å². The number of nitrogens with one attached hydrogen (secondary N) is 1. The maximum Gasteiger partial charge on any atom is 0.0651 e. The molecule has 1 rings (SSSR count). The second kappa shape index (κ2) is 11.7. The molecule has 0 amide bonds. The van der Waals surface area contributed by atoms with Gasteiger partial charge in [-0.3, -0.25) is 0 Å². The molecule has 0 radical (unpaired) electrons. The van der Waals surface area contributed by atoms with Crippen LogP contribution < -0.4 is 5.32 Å². The molecule has 2 nitrogen and oxygen atoms in total. The Kier molecular flexibility index (Phi) is 9.89. The zero-order chi connectivity index (χ0) is 14.5. The van der Waals surface area contributed by atoms with E-state index in [9.17, 15) is 0 Å². The molecule has 0 fully saturated rings. The molecular formula is C18H29NO. The van der Waals surface area contributed by atoms with E-state index in [1.807, 2.05) is 18.2 Å². The van der Waals surface area contributed by atoms with Crippen molar-refractivity contribution in [2.45, 2.75) is 45.6 Å². The van der Waals surface area contributed by atoms with Crippen LogP contribution in [0.25, 0.3) is 6.08 Å². The molecule has 1 N–H and O–H groups in total. The van der Waals surface area contributed by atoms with Gasteiger partial charge < -0.3 is 10.1 Å². The number of benzene rings is 1. The number of hydrogen-bond acceptors (Lipinski definition) is 2. The monoisotopic (exact) mass is 275 g/mol. The Hall–Kier alpha value is -1.12. The highest BCUT2D eigenvalue weighted by atomic mass is 16.5. The van der Waals surface area contributed by atoms with Gasteiger partial charge in [-0.05, 0) is 18.9 Å². The predicted octanol–water partition coefficient (Wildman–Crippen LogP) is 4.27. The van der Waals surface area contributed by atoms with Crippen molar-refractivity contribution in [3.05, 3.63) is 42.0 Å². The average molecular weight is 275 g/mol. The average Bonchev–Trinajstić information content (AvgIpc) is 2.47. The Morgan fingerprint density at radius 1 is 1.20 bits per heavy atom. The molecule has 0 heterocycles. The molecule has 2 heteroatoms. The van der Waals surface area contributed by atoms with Gasteiger partial charge in [-0.1, -0.05) is 68.7 Å². The van der Waals surface area contributed by atoms with Crippen LogP contribution in [-0.4, -0.2) is 25.8 Å². The Morgan fingerprint density at radius 3 is 2.75 bits per heavy atom. The van der Waals surface area contributed by atoms with Crippen LogP contribution in [0.15, 0.2) is 36.4 Å². The molecule has 1 atom stereocenters. The fourth-order valence-corrected chi connectivity index (χ4v) is 2.08. The molecule has 20 heavy (non-hydrogen) atoms. The summed E-state index contributed by atoms with van der Waals surface area (Å²) in [4.78, 5) is 0. The fourth-order valence-electron chi connectivity index (χ4n) is 2.08. The van der Waals surface area contributed by atoms with Crippen LogP contribution in [0.4, 0.5) is 0 Å². The quantitative estimate of drug-likeness (QED) is 0.609. The third-order valence-corrected chi connectivity index (χ3v) is 3.30. The van der Waals surface area contributed by atoms with Crippen LogP contribution in [0.3, 0.4) is 0 Å². The van der Waals surface area contributed by atoms with E-state index >= 15 is 0 Å². The SMILES string of the molecule is CCCCCC(C)NCCOCC=Cc1ccccc1. The molecule has 0 aliphatic heterocycles. The topological polar surface area (TPSA) is 21.3 Å². The molecule has 1 aromatic rings. The summed E-state index contributed by atoms with van der Waals surface area (Å²) in [6.45, 7) is 6.89. The van der Waals surface area contributed by atoms with Gasteiger partial charge in [-0.15, -0.1) is 0 Å². The molecule has 0 aliphatic carbocycles. The smallest absolute Gasteiger partial charge is 0.0651 e. The zero-order valence-corrected chi connectivity index (χ0v) is 13.0. The van der Waals surface area contributed by atoms with E-state index in [1.165, 1.54) is 31.2 Å². The predicted molar refractivity (Wildman–Crippen MR) is 87.9 cm³/mol. The summed E-state index contributed by atoms with van der Waals surface area (Å²) in [5, 5.41) is 3.50. The van der Waals surface area contributed by atoms with E-state index in [2.05, 4.69) is 43.4 Å². The van der Waals surface area contributed by atoms with Crippen molar-refractivity contribution < 1.29 is 4.74 Å². The zero-order valence-electron chi connectivity index (χ0n) is 13.0. The van der Waals surface area contributed by atoms with E-state index in [0.717, 1.165) is 13.2 Å². The lowest BCUT2D eigenvalue weighted by Crippen LogP contribution is -2.29. The molecule has 112 valence electrons. The minimum Gasteiger partial charge on any atom is -0.376 e. The van der Waals surface area contributed by atoms with E-state index in [4.69, 9.17) is 4.74 Å². The molecule has 0 bridgehead atoms. The van der Waals surface area contributed by atoms with Crippen LogP contribution in [0.5, 0.6) is 0 Å². The van der Waals surface area contributed by atoms with Crippen molar-refractivity contribution in [3.63, 3.8) is 0 Å². The second-order valence-corrected chi connectivity index (χ2v) is 5.24. The summed E-state index contributed by atoms with van der Waals surface area (Å²) < 4.78 is 5.58. The van der Waals surface area contributed by atoms with Crippen molar-refractivity contribution in [2.24, 2.45) is 0 Å². The summed E-state index contributed by atoms with van der Waals surface area (Å²) in [5.41, 5.74) is 1.22. The number of rotatable bonds is 11. The highest BCUT2D eigenvalue weighted by molar-refractivity contribution is 5.48. The minimum absolute atomic E-state index is 0.602. The van der Waals surface area contributed by atoms with Crippen molar-refractivity contribution in [3.8, 4) is 0 Å². The van der Waals surface area contributed by atoms with Gasteiger partial charge in [0.2, 0.25) is 0 Å². The molecule has 0 spiro atoms. The van der Waals surface area contributed by atoms with E-state index in [0.29, 0.717) is 12.6 Å². The third kappa shape index (κ3) is 8.89. The molecular weight excluding hydrogens is 246 g/mol. The van der Waals surface area contributed by atoms with Crippen molar-refractivity contribution in [1.29, 1.82) is 0 Å². The first-order chi connectivity index (χ1) is 9.83. The molecule has 0 saturated carbocycles. The molecule has 1 aromatic carbocycles. The van der Waals surface area contributed by atoms with E-state index < -0.39 is 0 Å². The number of hydrogen-bond donors (Lipinski definition) is 1. The fraction of sp³-hybridized carbons (Fsp3) is 0.556. The second-order valence-electron chi connectivity index (χ2n) is 5.24. The normalized spacial score (nSPS) is 12.9. The van der Waals surface area contributed by atoms with Gasteiger partial charge in [0, 0.05) is 12.6 Å². The summed E-state index contributed by atoms with van der Waals surface area (Å²) in [5.74, 6) is 0. The highest BCUT2D eigenvalue weighted by Gasteiger charge is 1.99. The van der Waals surface area contributed by atoms with Crippen LogP contribution in [0, 0.1) is 0 Å². The van der Waals surface area contributed by atoms with E-state index in [1.54, 1.807) is 0 Å². The minimum atomic E-state index is 0.602. The van der Waals surface area contributed by atoms with Crippen LogP contribution in [-0.2, 0) is 4.74 Å². The first-order valence-electron chi connectivity index (χ1n) is 7.85. The lowest BCUT2D eigenvalue weighted by atomic mass is 10.1. The van der Waals surface area contributed by atoms with Gasteiger partial charge in [0.15, 0.2) is 0 Å². The Balaban J connectivity index is 1.95. The summed E-state index contributed by atoms with van der Waals surface area (Å²) >= 11 is 0. The number of unbranched alkanes of at least 4 members (excludes halogenated alkanes) is 2. The van der Waals surface area contributed by atoms with Gasteiger partial charge in [0.05, 0.1) is 13.2 Å². The summed E-state index contributed by atoms with van der Waals surface area (Å²) in [6, 6.07) is 10.9. The maximum atomic E-state index is 5.58. The van der Waals surface area contributed by atoms with Crippen LogP contribution >= 0.6 is 0 Å². The van der Waals surface area contributed by atoms with E-state index in [-0.39, 0.29) is 0 Å². The Bertz CT molecular complexity index is 348. The molecule has 0 saturated heterocycles. The molecule has 0 aromatic heterocycles. The Morgan fingerprint density at radius 2 is 2.00 bits per heavy atom.